The third-order valence-electron chi connectivity index (χ3n) is 12.2. The van der Waals surface area contributed by atoms with Crippen LogP contribution in [0.15, 0.2) is 96.1 Å². The van der Waals surface area contributed by atoms with Gasteiger partial charge in [-0.25, -0.2) is 9.98 Å². The van der Waals surface area contributed by atoms with E-state index in [4.69, 9.17) is 14.7 Å². The van der Waals surface area contributed by atoms with Crippen molar-refractivity contribution in [2.24, 2.45) is 10.4 Å². The molecule has 0 N–H and O–H groups in total. The van der Waals surface area contributed by atoms with Crippen molar-refractivity contribution >= 4 is 44.8 Å². The molecule has 0 bridgehead atoms. The first-order chi connectivity index (χ1) is 24.9. The third-order valence-corrected chi connectivity index (χ3v) is 12.2. The molecule has 0 aliphatic carbocycles. The monoisotopic (exact) mass is 702 g/mol. The zero-order valence-electron chi connectivity index (χ0n) is 33.6. The van der Waals surface area contributed by atoms with Gasteiger partial charge in [-0.3, -0.25) is 4.57 Å². The Balaban J connectivity index is 1.43. The van der Waals surface area contributed by atoms with Gasteiger partial charge in [0, 0.05) is 33.6 Å². The van der Waals surface area contributed by atoms with Crippen LogP contribution in [0.4, 0.5) is 17.1 Å². The molecule has 272 valence electrons. The number of benzene rings is 4. The van der Waals surface area contributed by atoms with Crippen molar-refractivity contribution in [3.63, 3.8) is 0 Å². The SMILES string of the molecule is Cc1ccc2c(c1)c1cc3c(cc1n2-c1cc(C(C)(C)C)ccn1)N(c1cc(C2=N[C@](C)(C(C)(C)C)CO2)cc(C(C)C)c1)c1ccccc1C3(C)C. The van der Waals surface area contributed by atoms with Crippen molar-refractivity contribution < 1.29 is 4.74 Å². The molecule has 5 nitrogen and oxygen atoms in total. The maximum atomic E-state index is 6.45. The van der Waals surface area contributed by atoms with Gasteiger partial charge >= 0.3 is 0 Å². The number of anilines is 3. The van der Waals surface area contributed by atoms with Crippen molar-refractivity contribution in [2.75, 3.05) is 11.5 Å². The number of nitrogens with zero attached hydrogens (tertiary/aromatic N) is 4. The van der Waals surface area contributed by atoms with Crippen LogP contribution >= 0.6 is 0 Å². The molecule has 0 unspecified atom stereocenters. The third kappa shape index (κ3) is 5.57. The minimum Gasteiger partial charge on any atom is -0.475 e. The number of rotatable bonds is 4. The first-order valence-electron chi connectivity index (χ1n) is 19.2. The second-order valence-corrected chi connectivity index (χ2v) is 18.6. The van der Waals surface area contributed by atoms with Crippen molar-refractivity contribution in [1.82, 2.24) is 9.55 Å². The summed E-state index contributed by atoms with van der Waals surface area (Å²) >= 11 is 0. The van der Waals surface area contributed by atoms with Crippen LogP contribution in [0, 0.1) is 12.3 Å². The number of aliphatic imine (C=N–C) groups is 1. The normalized spacial score (nSPS) is 18.4. The molecule has 0 fully saturated rings. The van der Waals surface area contributed by atoms with E-state index in [1.54, 1.807) is 0 Å². The first kappa shape index (κ1) is 35.1. The summed E-state index contributed by atoms with van der Waals surface area (Å²) in [6, 6.07) is 32.0. The molecule has 0 spiro atoms. The summed E-state index contributed by atoms with van der Waals surface area (Å²) in [5, 5.41) is 2.49. The number of pyridine rings is 1. The molecule has 2 aliphatic heterocycles. The van der Waals surface area contributed by atoms with Gasteiger partial charge in [-0.2, -0.15) is 0 Å². The van der Waals surface area contributed by atoms with Gasteiger partial charge in [0.2, 0.25) is 5.90 Å². The van der Waals surface area contributed by atoms with Gasteiger partial charge in [-0.15, -0.1) is 0 Å². The Kier molecular flexibility index (Phi) is 7.83. The highest BCUT2D eigenvalue weighted by Crippen LogP contribution is 2.54. The summed E-state index contributed by atoms with van der Waals surface area (Å²) in [4.78, 5) is 12.8. The summed E-state index contributed by atoms with van der Waals surface area (Å²) in [5.41, 5.74) is 12.6. The van der Waals surface area contributed by atoms with Gasteiger partial charge in [-0.1, -0.05) is 99.1 Å². The maximum Gasteiger partial charge on any atom is 0.216 e. The Morgan fingerprint density at radius 1 is 0.755 bits per heavy atom. The molecule has 0 radical (unpaired) electrons. The van der Waals surface area contributed by atoms with Crippen molar-refractivity contribution in [3.05, 3.63) is 125 Å². The van der Waals surface area contributed by atoms with Gasteiger partial charge < -0.3 is 9.64 Å². The fraction of sp³-hybridized carbons (Fsp3) is 0.375. The Morgan fingerprint density at radius 3 is 2.19 bits per heavy atom. The summed E-state index contributed by atoms with van der Waals surface area (Å²) in [5.74, 6) is 1.98. The molecule has 1 atom stereocenters. The Hall–Kier alpha value is -4.90. The van der Waals surface area contributed by atoms with Crippen LogP contribution in [0.3, 0.4) is 0 Å². The Morgan fingerprint density at radius 2 is 1.49 bits per heavy atom. The Bertz CT molecular complexity index is 2470. The van der Waals surface area contributed by atoms with E-state index in [0.29, 0.717) is 12.5 Å². The van der Waals surface area contributed by atoms with Crippen LogP contribution < -0.4 is 4.90 Å². The van der Waals surface area contributed by atoms with E-state index in [1.807, 2.05) is 6.20 Å². The number of aryl methyl sites for hydroxylation is 1. The topological polar surface area (TPSA) is 42.7 Å². The van der Waals surface area contributed by atoms with Gasteiger partial charge in [0.1, 0.15) is 18.0 Å². The highest BCUT2D eigenvalue weighted by molar-refractivity contribution is 6.11. The molecule has 8 rings (SSSR count). The standard InChI is InChI=1S/C48H54N4O/c1-29(2)31-22-32(44-50-48(12,28-53-44)46(7,8)9)24-34(23-31)51-40-16-14-13-15-37(40)47(10,11)38-26-36-35-21-30(3)17-18-39(35)52(41(36)27-42(38)51)43-25-33(19-20-49-43)45(4,5)6/h13-27,29H,28H2,1-12H3/t48-/m0/s1. The second kappa shape index (κ2) is 11.8. The van der Waals surface area contributed by atoms with Crippen molar-refractivity contribution in [2.45, 2.75) is 105 Å². The lowest BCUT2D eigenvalue weighted by atomic mass is 9.73. The summed E-state index contributed by atoms with van der Waals surface area (Å²) in [7, 11) is 0. The molecular weight excluding hydrogens is 649 g/mol. The quantitative estimate of drug-likeness (QED) is 0.184. The minimum absolute atomic E-state index is 0.00643. The number of ether oxygens (including phenoxy) is 1. The van der Waals surface area contributed by atoms with Crippen LogP contribution in [0.5, 0.6) is 0 Å². The number of fused-ring (bicyclic) bond motifs is 5. The Labute approximate surface area is 315 Å². The van der Waals surface area contributed by atoms with Crippen LogP contribution in [-0.2, 0) is 15.6 Å². The summed E-state index contributed by atoms with van der Waals surface area (Å²) in [6.45, 7) is 27.8. The average Bonchev–Trinajstić information content (AvgIpc) is 3.66. The molecule has 53 heavy (non-hydrogen) atoms. The van der Waals surface area contributed by atoms with Crippen LogP contribution in [-0.4, -0.2) is 27.6 Å². The molecule has 2 aromatic heterocycles. The molecule has 0 saturated carbocycles. The molecule has 4 heterocycles. The van der Waals surface area contributed by atoms with E-state index >= 15 is 0 Å². The summed E-state index contributed by atoms with van der Waals surface area (Å²) in [6.07, 6.45) is 1.96. The molecule has 6 aromatic rings. The number of hydrogen-bond donors (Lipinski definition) is 0. The maximum absolute atomic E-state index is 6.45. The molecule has 5 heteroatoms. The lowest BCUT2D eigenvalue weighted by Crippen LogP contribution is -2.39. The highest BCUT2D eigenvalue weighted by atomic mass is 16.5. The molecular formula is C48H54N4O. The van der Waals surface area contributed by atoms with Gasteiger partial charge in [0.15, 0.2) is 0 Å². The van der Waals surface area contributed by atoms with E-state index in [9.17, 15) is 0 Å². The second-order valence-electron chi connectivity index (χ2n) is 18.6. The van der Waals surface area contributed by atoms with E-state index in [2.05, 4.69) is 177 Å². The van der Waals surface area contributed by atoms with Crippen molar-refractivity contribution in [3.8, 4) is 5.82 Å². The number of aromatic nitrogens is 2. The predicted octanol–water partition coefficient (Wildman–Crippen LogP) is 12.6. The van der Waals surface area contributed by atoms with Gasteiger partial charge in [0.05, 0.1) is 22.4 Å². The zero-order chi connectivity index (χ0) is 37.8. The largest absolute Gasteiger partial charge is 0.475 e. The van der Waals surface area contributed by atoms with Gasteiger partial charge in [-0.05, 0) is 114 Å². The van der Waals surface area contributed by atoms with Gasteiger partial charge in [0.25, 0.3) is 0 Å². The number of hydrogen-bond acceptors (Lipinski definition) is 4. The molecule has 0 saturated heterocycles. The predicted molar refractivity (Wildman–Crippen MR) is 223 cm³/mol. The summed E-state index contributed by atoms with van der Waals surface area (Å²) < 4.78 is 8.82. The van der Waals surface area contributed by atoms with E-state index in [0.717, 1.165) is 34.0 Å². The molecule has 2 aliphatic rings. The first-order valence-corrected chi connectivity index (χ1v) is 19.2. The van der Waals surface area contributed by atoms with E-state index in [1.165, 1.54) is 50.0 Å². The number of para-hydroxylation sites is 1. The fourth-order valence-corrected chi connectivity index (χ4v) is 8.11. The zero-order valence-corrected chi connectivity index (χ0v) is 33.6. The molecule has 4 aromatic carbocycles. The lowest BCUT2D eigenvalue weighted by Gasteiger charge is -2.42. The lowest BCUT2D eigenvalue weighted by molar-refractivity contribution is 0.154. The van der Waals surface area contributed by atoms with E-state index < -0.39 is 0 Å². The van der Waals surface area contributed by atoms with Crippen molar-refractivity contribution in [1.29, 1.82) is 0 Å². The minimum atomic E-state index is -0.305. The highest BCUT2D eigenvalue weighted by Gasteiger charge is 2.43. The smallest absolute Gasteiger partial charge is 0.216 e. The van der Waals surface area contributed by atoms with E-state index in [-0.39, 0.29) is 21.8 Å². The van der Waals surface area contributed by atoms with Crippen LogP contribution in [0.1, 0.15) is 115 Å². The fourth-order valence-electron chi connectivity index (χ4n) is 8.11. The van der Waals surface area contributed by atoms with Crippen LogP contribution in [0.2, 0.25) is 0 Å². The van der Waals surface area contributed by atoms with Crippen LogP contribution in [0.25, 0.3) is 27.6 Å². The average molecular weight is 703 g/mol. The molecule has 0 amide bonds.